The van der Waals surface area contributed by atoms with Crippen molar-refractivity contribution in [2.24, 2.45) is 0 Å². The third-order valence-electron chi connectivity index (χ3n) is 3.79. The largest absolute Gasteiger partial charge is 0.384 e. The van der Waals surface area contributed by atoms with Gasteiger partial charge in [-0.3, -0.25) is 9.69 Å². The molecule has 1 amide bonds. The number of carbonyl (C=O) groups excluding carboxylic acids is 1. The smallest absolute Gasteiger partial charge is 0.224 e. The molecule has 0 saturated carbocycles. The van der Waals surface area contributed by atoms with Gasteiger partial charge in [0.15, 0.2) is 0 Å². The number of rotatable bonds is 8. The van der Waals surface area contributed by atoms with Crippen LogP contribution in [0.5, 0.6) is 0 Å². The zero-order chi connectivity index (χ0) is 15.6. The maximum atomic E-state index is 11.7. The average Bonchev–Trinajstić information content (AvgIpc) is 2.55. The van der Waals surface area contributed by atoms with Crippen LogP contribution in [0.15, 0.2) is 24.3 Å². The normalized spacial score (nSPS) is 15.5. The highest BCUT2D eigenvalue weighted by Crippen LogP contribution is 2.14. The second-order valence-corrected chi connectivity index (χ2v) is 5.61. The maximum absolute atomic E-state index is 11.7. The molecule has 122 valence electrons. The molecule has 1 saturated heterocycles. The van der Waals surface area contributed by atoms with E-state index in [1.165, 1.54) is 0 Å². The summed E-state index contributed by atoms with van der Waals surface area (Å²) in [7, 11) is 0. The molecule has 1 aromatic rings. The Morgan fingerprint density at radius 3 is 2.55 bits per heavy atom. The molecule has 1 fully saturated rings. The minimum Gasteiger partial charge on any atom is -0.384 e. The molecule has 0 aromatic heterocycles. The lowest BCUT2D eigenvalue weighted by atomic mass is 10.2. The Bertz CT molecular complexity index is 442. The predicted octanol–water partition coefficient (Wildman–Crippen LogP) is 2.56. The van der Waals surface area contributed by atoms with E-state index in [0.717, 1.165) is 63.6 Å². The number of hydrogen-bond acceptors (Lipinski definition) is 4. The van der Waals surface area contributed by atoms with Crippen molar-refractivity contribution in [2.75, 3.05) is 50.0 Å². The number of nitrogens with one attached hydrogen (secondary N) is 2. The Labute approximate surface area is 133 Å². The fraction of sp³-hybridized carbons (Fsp3) is 0.588. The number of hydrogen-bond donors (Lipinski definition) is 2. The first kappa shape index (κ1) is 16.8. The van der Waals surface area contributed by atoms with E-state index in [0.29, 0.717) is 6.42 Å². The Kier molecular flexibility index (Phi) is 7.19. The van der Waals surface area contributed by atoms with Gasteiger partial charge in [0.25, 0.3) is 0 Å². The molecule has 0 spiro atoms. The molecule has 22 heavy (non-hydrogen) atoms. The highest BCUT2D eigenvalue weighted by Gasteiger charge is 2.09. The Morgan fingerprint density at radius 1 is 1.18 bits per heavy atom. The van der Waals surface area contributed by atoms with E-state index in [1.807, 2.05) is 24.3 Å². The summed E-state index contributed by atoms with van der Waals surface area (Å²) in [6.07, 6.45) is 2.57. The van der Waals surface area contributed by atoms with E-state index in [4.69, 9.17) is 4.74 Å². The fourth-order valence-electron chi connectivity index (χ4n) is 2.42. The highest BCUT2D eigenvalue weighted by atomic mass is 16.5. The van der Waals surface area contributed by atoms with Gasteiger partial charge in [0, 0.05) is 44.0 Å². The van der Waals surface area contributed by atoms with Crippen molar-refractivity contribution in [3.05, 3.63) is 24.3 Å². The van der Waals surface area contributed by atoms with Crippen LogP contribution in [-0.2, 0) is 9.53 Å². The van der Waals surface area contributed by atoms with Crippen molar-refractivity contribution in [1.82, 2.24) is 4.90 Å². The molecule has 0 radical (unpaired) electrons. The van der Waals surface area contributed by atoms with Crippen molar-refractivity contribution in [1.29, 1.82) is 0 Å². The third kappa shape index (κ3) is 6.03. The topological polar surface area (TPSA) is 53.6 Å². The second kappa shape index (κ2) is 9.43. The van der Waals surface area contributed by atoms with Crippen LogP contribution in [0, 0.1) is 0 Å². The molecule has 0 bridgehead atoms. The first-order valence-electron chi connectivity index (χ1n) is 8.22. The van der Waals surface area contributed by atoms with Crippen LogP contribution in [0.4, 0.5) is 11.4 Å². The fourth-order valence-corrected chi connectivity index (χ4v) is 2.42. The maximum Gasteiger partial charge on any atom is 0.224 e. The van der Waals surface area contributed by atoms with E-state index < -0.39 is 0 Å². The summed E-state index contributed by atoms with van der Waals surface area (Å²) >= 11 is 0. The Morgan fingerprint density at radius 2 is 1.86 bits per heavy atom. The van der Waals surface area contributed by atoms with Crippen LogP contribution in [0.1, 0.15) is 26.2 Å². The first-order chi connectivity index (χ1) is 10.8. The van der Waals surface area contributed by atoms with Crippen molar-refractivity contribution in [3.8, 4) is 0 Å². The summed E-state index contributed by atoms with van der Waals surface area (Å²) in [6.45, 7) is 7.75. The molecule has 1 aliphatic heterocycles. The molecule has 1 heterocycles. The molecular formula is C17H27N3O2. The number of morpholine rings is 1. The molecule has 1 aromatic carbocycles. The van der Waals surface area contributed by atoms with Gasteiger partial charge in [0.1, 0.15) is 0 Å². The van der Waals surface area contributed by atoms with E-state index in [2.05, 4.69) is 22.5 Å². The van der Waals surface area contributed by atoms with Gasteiger partial charge in [0.2, 0.25) is 5.91 Å². The zero-order valence-electron chi connectivity index (χ0n) is 13.4. The molecule has 0 unspecified atom stereocenters. The molecule has 2 rings (SSSR count). The summed E-state index contributed by atoms with van der Waals surface area (Å²) < 4.78 is 5.34. The highest BCUT2D eigenvalue weighted by molar-refractivity contribution is 5.90. The number of unbranched alkanes of at least 4 members (excludes halogenated alkanes) is 1. The van der Waals surface area contributed by atoms with Crippen molar-refractivity contribution in [2.45, 2.75) is 26.2 Å². The van der Waals surface area contributed by atoms with E-state index in [1.54, 1.807) is 0 Å². The van der Waals surface area contributed by atoms with Crippen LogP contribution in [-0.4, -0.2) is 50.2 Å². The van der Waals surface area contributed by atoms with Gasteiger partial charge in [0.05, 0.1) is 13.2 Å². The van der Waals surface area contributed by atoms with Crippen LogP contribution in [0.2, 0.25) is 0 Å². The summed E-state index contributed by atoms with van der Waals surface area (Å²) in [5, 5.41) is 6.33. The van der Waals surface area contributed by atoms with Gasteiger partial charge < -0.3 is 15.4 Å². The number of benzene rings is 1. The molecule has 5 heteroatoms. The molecule has 0 aliphatic carbocycles. The van der Waals surface area contributed by atoms with E-state index in [9.17, 15) is 4.79 Å². The molecule has 5 nitrogen and oxygen atoms in total. The van der Waals surface area contributed by atoms with Gasteiger partial charge in [-0.05, 0) is 30.7 Å². The summed E-state index contributed by atoms with van der Waals surface area (Å²) in [6, 6.07) is 7.91. The Hall–Kier alpha value is -1.59. The Balaban J connectivity index is 1.68. The van der Waals surface area contributed by atoms with Gasteiger partial charge in [-0.1, -0.05) is 13.3 Å². The van der Waals surface area contributed by atoms with Crippen molar-refractivity contribution >= 4 is 17.3 Å². The monoisotopic (exact) mass is 305 g/mol. The van der Waals surface area contributed by atoms with Crippen molar-refractivity contribution < 1.29 is 9.53 Å². The van der Waals surface area contributed by atoms with Crippen LogP contribution < -0.4 is 10.6 Å². The third-order valence-corrected chi connectivity index (χ3v) is 3.79. The predicted molar refractivity (Wildman–Crippen MR) is 90.3 cm³/mol. The molecule has 2 N–H and O–H groups in total. The lowest BCUT2D eigenvalue weighted by Crippen LogP contribution is -2.38. The van der Waals surface area contributed by atoms with Gasteiger partial charge in [-0.2, -0.15) is 0 Å². The van der Waals surface area contributed by atoms with Crippen LogP contribution in [0.25, 0.3) is 0 Å². The number of anilines is 2. The average molecular weight is 305 g/mol. The summed E-state index contributed by atoms with van der Waals surface area (Å²) in [5.74, 6) is 0.0925. The lowest BCUT2D eigenvalue weighted by molar-refractivity contribution is -0.116. The van der Waals surface area contributed by atoms with Gasteiger partial charge in [-0.25, -0.2) is 0 Å². The number of ether oxygens (including phenoxy) is 1. The minimum absolute atomic E-state index is 0.0925. The first-order valence-corrected chi connectivity index (χ1v) is 8.22. The summed E-state index contributed by atoms with van der Waals surface area (Å²) in [5.41, 5.74) is 1.94. The van der Waals surface area contributed by atoms with E-state index >= 15 is 0 Å². The molecule has 1 aliphatic rings. The number of carbonyl (C=O) groups is 1. The second-order valence-electron chi connectivity index (χ2n) is 5.61. The zero-order valence-corrected chi connectivity index (χ0v) is 13.4. The minimum atomic E-state index is 0.0925. The number of amides is 1. The standard InChI is InChI=1S/C17H27N3O2/c1-2-3-4-17(21)19-16-7-5-15(6-8-16)18-9-10-20-11-13-22-14-12-20/h5-8,18H,2-4,9-14H2,1H3,(H,19,21). The number of nitrogens with zero attached hydrogens (tertiary/aromatic N) is 1. The van der Waals surface area contributed by atoms with Gasteiger partial charge >= 0.3 is 0 Å². The van der Waals surface area contributed by atoms with Gasteiger partial charge in [-0.15, -0.1) is 0 Å². The SMILES string of the molecule is CCCCC(=O)Nc1ccc(NCCN2CCOCC2)cc1. The van der Waals surface area contributed by atoms with Crippen LogP contribution >= 0.6 is 0 Å². The molecule has 0 atom stereocenters. The van der Waals surface area contributed by atoms with Crippen molar-refractivity contribution in [3.63, 3.8) is 0 Å². The summed E-state index contributed by atoms with van der Waals surface area (Å²) in [4.78, 5) is 14.1. The van der Waals surface area contributed by atoms with E-state index in [-0.39, 0.29) is 5.91 Å². The quantitative estimate of drug-likeness (QED) is 0.775. The lowest BCUT2D eigenvalue weighted by Gasteiger charge is -2.26. The van der Waals surface area contributed by atoms with Crippen LogP contribution in [0.3, 0.4) is 0 Å². The molecular weight excluding hydrogens is 278 g/mol.